The van der Waals surface area contributed by atoms with Crippen molar-refractivity contribution in [3.05, 3.63) is 17.7 Å². The van der Waals surface area contributed by atoms with Gasteiger partial charge in [0, 0.05) is 49.9 Å². The first-order chi connectivity index (χ1) is 12.6. The van der Waals surface area contributed by atoms with Crippen LogP contribution in [0.15, 0.2) is 6.33 Å². The molecule has 3 rings (SSSR count). The minimum atomic E-state index is -0.112. The molecule has 8 heteroatoms. The minimum Gasteiger partial charge on any atom is -0.355 e. The Labute approximate surface area is 159 Å². The quantitative estimate of drug-likeness (QED) is 0.613. The number of nitrogens with zero attached hydrogens (tertiary/aromatic N) is 2. The van der Waals surface area contributed by atoms with Gasteiger partial charge < -0.3 is 20.5 Å². The second-order valence-corrected chi connectivity index (χ2v) is 8.24. The highest BCUT2D eigenvalue weighted by Gasteiger charge is 2.33. The maximum atomic E-state index is 12.6. The molecular weight excluding hydrogens is 350 g/mol. The lowest BCUT2D eigenvalue weighted by atomic mass is 9.89. The monoisotopic (exact) mass is 379 g/mol. The number of aromatic amines is 1. The second kappa shape index (κ2) is 9.41. The van der Waals surface area contributed by atoms with Crippen LogP contribution in [0, 0.1) is 18.8 Å². The highest BCUT2D eigenvalue weighted by molar-refractivity contribution is 7.98. The molecule has 3 N–H and O–H groups in total. The number of aromatic nitrogens is 2. The van der Waals surface area contributed by atoms with E-state index >= 15 is 0 Å². The number of nitrogens with one attached hydrogen (secondary N) is 3. The lowest BCUT2D eigenvalue weighted by Gasteiger charge is -2.31. The summed E-state index contributed by atoms with van der Waals surface area (Å²) in [6.07, 6.45) is 4.58. The third kappa shape index (κ3) is 5.01. The van der Waals surface area contributed by atoms with Crippen LogP contribution in [0.25, 0.3) is 0 Å². The van der Waals surface area contributed by atoms with Crippen LogP contribution in [-0.2, 0) is 15.3 Å². The summed E-state index contributed by atoms with van der Waals surface area (Å²) in [6.45, 7) is 5.76. The van der Waals surface area contributed by atoms with E-state index in [1.54, 1.807) is 18.1 Å². The molecule has 2 aliphatic rings. The van der Waals surface area contributed by atoms with E-state index in [9.17, 15) is 9.59 Å². The van der Waals surface area contributed by atoms with Crippen molar-refractivity contribution >= 4 is 23.6 Å². The van der Waals surface area contributed by atoms with Crippen LogP contribution in [-0.4, -0.2) is 65.2 Å². The molecule has 26 heavy (non-hydrogen) atoms. The van der Waals surface area contributed by atoms with E-state index < -0.39 is 0 Å². The first-order valence-electron chi connectivity index (χ1n) is 9.49. The summed E-state index contributed by atoms with van der Waals surface area (Å²) in [6, 6.07) is 0. The zero-order chi connectivity index (χ0) is 18.4. The Morgan fingerprint density at radius 1 is 1.31 bits per heavy atom. The average molecular weight is 380 g/mol. The van der Waals surface area contributed by atoms with Gasteiger partial charge in [-0.2, -0.15) is 11.8 Å². The molecule has 1 aromatic rings. The van der Waals surface area contributed by atoms with Gasteiger partial charge in [0.2, 0.25) is 11.8 Å². The van der Waals surface area contributed by atoms with Crippen LogP contribution >= 0.6 is 11.8 Å². The van der Waals surface area contributed by atoms with Crippen molar-refractivity contribution in [1.29, 1.82) is 0 Å². The maximum Gasteiger partial charge on any atom is 0.226 e. The third-order valence-electron chi connectivity index (χ3n) is 5.21. The molecule has 0 unspecified atom stereocenters. The normalized spacial score (nSPS) is 23.2. The van der Waals surface area contributed by atoms with E-state index in [1.807, 2.05) is 11.8 Å². The predicted molar refractivity (Wildman–Crippen MR) is 103 cm³/mol. The van der Waals surface area contributed by atoms with Crippen LogP contribution in [0.3, 0.4) is 0 Å². The molecule has 0 radical (unpaired) electrons. The van der Waals surface area contributed by atoms with Crippen LogP contribution in [0.1, 0.15) is 30.7 Å². The van der Waals surface area contributed by atoms with Gasteiger partial charge in [-0.15, -0.1) is 0 Å². The lowest BCUT2D eigenvalue weighted by molar-refractivity contribution is -0.136. The van der Waals surface area contributed by atoms with Crippen molar-refractivity contribution in [2.75, 3.05) is 38.5 Å². The first kappa shape index (κ1) is 19.2. The zero-order valence-corrected chi connectivity index (χ0v) is 16.2. The largest absolute Gasteiger partial charge is 0.355 e. The number of rotatable bonds is 7. The fourth-order valence-electron chi connectivity index (χ4n) is 3.62. The summed E-state index contributed by atoms with van der Waals surface area (Å²) in [5, 5.41) is 6.29. The molecule has 0 bridgehead atoms. The van der Waals surface area contributed by atoms with Gasteiger partial charge in [-0.25, -0.2) is 4.98 Å². The number of likely N-dealkylation sites (tertiary alicyclic amines) is 1. The summed E-state index contributed by atoms with van der Waals surface area (Å²) in [7, 11) is 0. The molecule has 0 saturated carbocycles. The van der Waals surface area contributed by atoms with E-state index in [4.69, 9.17) is 0 Å². The summed E-state index contributed by atoms with van der Waals surface area (Å²) in [5.74, 6) is 1.82. The second-order valence-electron chi connectivity index (χ2n) is 7.14. The number of carbonyl (C=O) groups is 2. The van der Waals surface area contributed by atoms with E-state index in [0.29, 0.717) is 26.1 Å². The number of piperidine rings is 1. The molecule has 3 heterocycles. The molecular formula is C18H29N5O2S. The highest BCUT2D eigenvalue weighted by atomic mass is 32.2. The first-order valence-corrected chi connectivity index (χ1v) is 10.6. The molecule has 2 fully saturated rings. The standard InChI is InChI=1S/C18H29N5O2S/c1-13-16(22-12-21-13)11-26-7-4-20-17(24)14-8-15(10-19-9-14)18(25)23-5-2-3-6-23/h12,14-15,19H,2-11H2,1H3,(H,20,24)(H,21,22)/t14-,15+/m1/s1. The Balaban J connectivity index is 1.36. The van der Waals surface area contributed by atoms with Gasteiger partial charge in [0.05, 0.1) is 23.9 Å². The fourth-order valence-corrected chi connectivity index (χ4v) is 4.49. The third-order valence-corrected chi connectivity index (χ3v) is 6.18. The minimum absolute atomic E-state index is 0.0605. The highest BCUT2D eigenvalue weighted by Crippen LogP contribution is 2.21. The van der Waals surface area contributed by atoms with Gasteiger partial charge in [-0.05, 0) is 26.2 Å². The van der Waals surface area contributed by atoms with Crippen molar-refractivity contribution in [1.82, 2.24) is 25.5 Å². The topological polar surface area (TPSA) is 90.1 Å². The Kier molecular flexibility index (Phi) is 6.96. The molecule has 2 aliphatic heterocycles. The van der Waals surface area contributed by atoms with Crippen LogP contribution in [0.4, 0.5) is 0 Å². The Bertz CT molecular complexity index is 614. The number of aryl methyl sites for hydroxylation is 1. The van der Waals surface area contributed by atoms with Gasteiger partial charge in [-0.3, -0.25) is 9.59 Å². The number of imidazole rings is 1. The van der Waals surface area contributed by atoms with Gasteiger partial charge in [-0.1, -0.05) is 0 Å². The Morgan fingerprint density at radius 2 is 2.08 bits per heavy atom. The van der Waals surface area contributed by atoms with Gasteiger partial charge >= 0.3 is 0 Å². The molecule has 2 saturated heterocycles. The Morgan fingerprint density at radius 3 is 2.81 bits per heavy atom. The average Bonchev–Trinajstić information content (AvgIpc) is 3.33. The number of hydrogen-bond acceptors (Lipinski definition) is 5. The molecule has 144 valence electrons. The van der Waals surface area contributed by atoms with E-state index in [2.05, 4.69) is 20.6 Å². The summed E-state index contributed by atoms with van der Waals surface area (Å²) >= 11 is 1.76. The molecule has 0 aromatic carbocycles. The van der Waals surface area contributed by atoms with Crippen molar-refractivity contribution in [3.63, 3.8) is 0 Å². The smallest absolute Gasteiger partial charge is 0.226 e. The van der Waals surface area contributed by atoms with Gasteiger partial charge in [0.1, 0.15) is 0 Å². The van der Waals surface area contributed by atoms with Crippen LogP contribution in [0.2, 0.25) is 0 Å². The van der Waals surface area contributed by atoms with E-state index in [1.165, 1.54) is 0 Å². The fraction of sp³-hybridized carbons (Fsp3) is 0.722. The summed E-state index contributed by atoms with van der Waals surface area (Å²) < 4.78 is 0. The molecule has 0 aliphatic carbocycles. The number of carbonyl (C=O) groups excluding carboxylic acids is 2. The van der Waals surface area contributed by atoms with Crippen LogP contribution in [0.5, 0.6) is 0 Å². The lowest BCUT2D eigenvalue weighted by Crippen LogP contribution is -2.49. The maximum absolute atomic E-state index is 12.6. The predicted octanol–water partition coefficient (Wildman–Crippen LogP) is 0.916. The number of thioether (sulfide) groups is 1. The SMILES string of the molecule is Cc1[nH]cnc1CSCCNC(=O)[C@H]1CNC[C@@H](C(=O)N2CCCC2)C1. The van der Waals surface area contributed by atoms with Crippen molar-refractivity contribution in [2.24, 2.45) is 11.8 Å². The number of amides is 2. The molecule has 0 spiro atoms. The zero-order valence-electron chi connectivity index (χ0n) is 15.4. The van der Waals surface area contributed by atoms with E-state index in [0.717, 1.165) is 48.8 Å². The summed E-state index contributed by atoms with van der Waals surface area (Å²) in [4.78, 5) is 34.3. The molecule has 7 nitrogen and oxygen atoms in total. The molecule has 2 amide bonds. The van der Waals surface area contributed by atoms with Gasteiger partial charge in [0.25, 0.3) is 0 Å². The number of hydrogen-bond donors (Lipinski definition) is 3. The van der Waals surface area contributed by atoms with Crippen molar-refractivity contribution < 1.29 is 9.59 Å². The van der Waals surface area contributed by atoms with Crippen molar-refractivity contribution in [3.8, 4) is 0 Å². The Hall–Kier alpha value is -1.54. The van der Waals surface area contributed by atoms with Crippen molar-refractivity contribution in [2.45, 2.75) is 31.9 Å². The summed E-state index contributed by atoms with van der Waals surface area (Å²) in [5.41, 5.74) is 2.17. The molecule has 1 aromatic heterocycles. The van der Waals surface area contributed by atoms with Gasteiger partial charge in [0.15, 0.2) is 0 Å². The van der Waals surface area contributed by atoms with Crippen LogP contribution < -0.4 is 10.6 Å². The number of H-pyrrole nitrogens is 1. The van der Waals surface area contributed by atoms with E-state index in [-0.39, 0.29) is 23.7 Å². The molecule has 2 atom stereocenters.